The molecule has 1 saturated heterocycles. The van der Waals surface area contributed by atoms with Crippen LogP contribution >= 0.6 is 0 Å². The van der Waals surface area contributed by atoms with Gasteiger partial charge in [0.25, 0.3) is 0 Å². The van der Waals surface area contributed by atoms with Crippen molar-refractivity contribution in [3.05, 3.63) is 0 Å². The molecule has 1 aliphatic heterocycles. The number of piperidine rings is 1. The van der Waals surface area contributed by atoms with E-state index in [1.165, 1.54) is 25.9 Å². The van der Waals surface area contributed by atoms with Gasteiger partial charge in [-0.1, -0.05) is 13.3 Å². The van der Waals surface area contributed by atoms with E-state index >= 15 is 0 Å². The average molecular weight is 185 g/mol. The van der Waals surface area contributed by atoms with Crippen molar-refractivity contribution in [3.8, 4) is 0 Å². The lowest BCUT2D eigenvalue weighted by molar-refractivity contribution is 0.145. The number of hydrogen-bond acceptors (Lipinski definition) is 3. The molecule has 2 atom stereocenters. The number of likely N-dealkylation sites (tertiary alicyclic amines) is 1. The first-order valence-corrected chi connectivity index (χ1v) is 5.39. The van der Waals surface area contributed by atoms with Crippen molar-refractivity contribution in [3.63, 3.8) is 0 Å². The van der Waals surface area contributed by atoms with E-state index in [0.717, 1.165) is 19.0 Å². The molecule has 13 heavy (non-hydrogen) atoms. The summed E-state index contributed by atoms with van der Waals surface area (Å²) in [5, 5.41) is 3.37. The van der Waals surface area contributed by atoms with Gasteiger partial charge in [-0.2, -0.15) is 0 Å². The lowest BCUT2D eigenvalue weighted by atomic mass is 9.92. The van der Waals surface area contributed by atoms with Gasteiger partial charge >= 0.3 is 0 Å². The summed E-state index contributed by atoms with van der Waals surface area (Å²) < 4.78 is 0. The van der Waals surface area contributed by atoms with Gasteiger partial charge in [-0.05, 0) is 19.4 Å². The van der Waals surface area contributed by atoms with E-state index in [2.05, 4.69) is 24.2 Å². The van der Waals surface area contributed by atoms with E-state index in [1.54, 1.807) is 0 Å². The minimum absolute atomic E-state index is 0.672. The lowest BCUT2D eigenvalue weighted by Gasteiger charge is -2.37. The van der Waals surface area contributed by atoms with E-state index in [-0.39, 0.29) is 0 Å². The standard InChI is InChI=1S/C10H23N3/c1-3-9-6-10(12-2)8-13(7-9)5-4-11/h9-10,12H,3-8,11H2,1-2H3. The Labute approximate surface area is 81.7 Å². The number of hydrogen-bond donors (Lipinski definition) is 2. The van der Waals surface area contributed by atoms with Crippen molar-refractivity contribution in [2.45, 2.75) is 25.8 Å². The molecule has 1 aliphatic rings. The summed E-state index contributed by atoms with van der Waals surface area (Å²) in [6.07, 6.45) is 2.62. The molecule has 3 N–H and O–H groups in total. The first-order chi connectivity index (χ1) is 6.30. The summed E-state index contributed by atoms with van der Waals surface area (Å²) in [6.45, 7) is 6.53. The van der Waals surface area contributed by atoms with Gasteiger partial charge in [0.2, 0.25) is 0 Å². The molecule has 3 heteroatoms. The molecule has 0 aromatic rings. The Kier molecular flexibility index (Phi) is 4.70. The van der Waals surface area contributed by atoms with Crippen LogP contribution in [0.15, 0.2) is 0 Å². The molecule has 0 aromatic heterocycles. The molecular formula is C10H23N3. The smallest absolute Gasteiger partial charge is 0.0195 e. The van der Waals surface area contributed by atoms with Crippen molar-refractivity contribution in [2.75, 3.05) is 33.2 Å². The molecular weight excluding hydrogens is 162 g/mol. The zero-order valence-corrected chi connectivity index (χ0v) is 8.92. The maximum absolute atomic E-state index is 5.57. The van der Waals surface area contributed by atoms with Crippen LogP contribution in [0.3, 0.4) is 0 Å². The number of nitrogens with one attached hydrogen (secondary N) is 1. The molecule has 0 bridgehead atoms. The van der Waals surface area contributed by atoms with Crippen LogP contribution in [-0.4, -0.2) is 44.2 Å². The zero-order valence-electron chi connectivity index (χ0n) is 8.92. The molecule has 0 aliphatic carbocycles. The van der Waals surface area contributed by atoms with Gasteiger partial charge in [-0.15, -0.1) is 0 Å². The van der Waals surface area contributed by atoms with Crippen LogP contribution < -0.4 is 11.1 Å². The van der Waals surface area contributed by atoms with Crippen LogP contribution in [0.4, 0.5) is 0 Å². The maximum Gasteiger partial charge on any atom is 0.0195 e. The molecule has 1 fully saturated rings. The predicted molar refractivity (Wildman–Crippen MR) is 56.7 cm³/mol. The molecule has 2 unspecified atom stereocenters. The number of rotatable bonds is 4. The average Bonchev–Trinajstić information content (AvgIpc) is 2.17. The summed E-state index contributed by atoms with van der Waals surface area (Å²) in [7, 11) is 2.06. The van der Waals surface area contributed by atoms with Crippen molar-refractivity contribution in [1.29, 1.82) is 0 Å². The first-order valence-electron chi connectivity index (χ1n) is 5.39. The van der Waals surface area contributed by atoms with Crippen LogP contribution in [0, 0.1) is 5.92 Å². The Morgan fingerprint density at radius 1 is 1.46 bits per heavy atom. The summed E-state index contributed by atoms with van der Waals surface area (Å²) >= 11 is 0. The third-order valence-corrected chi connectivity index (χ3v) is 3.04. The molecule has 0 amide bonds. The van der Waals surface area contributed by atoms with Crippen LogP contribution in [0.5, 0.6) is 0 Å². The van der Waals surface area contributed by atoms with Gasteiger partial charge in [-0.25, -0.2) is 0 Å². The SMILES string of the molecule is CCC1CC(NC)CN(CCN)C1. The highest BCUT2D eigenvalue weighted by Gasteiger charge is 2.24. The van der Waals surface area contributed by atoms with Gasteiger partial charge < -0.3 is 16.0 Å². The zero-order chi connectivity index (χ0) is 9.68. The van der Waals surface area contributed by atoms with Crippen molar-refractivity contribution >= 4 is 0 Å². The molecule has 78 valence electrons. The Balaban J connectivity index is 2.39. The van der Waals surface area contributed by atoms with Crippen LogP contribution in [0.25, 0.3) is 0 Å². The van der Waals surface area contributed by atoms with Gasteiger partial charge in [0.15, 0.2) is 0 Å². The normalized spacial score (nSPS) is 30.7. The Bertz CT molecular complexity index is 126. The molecule has 1 heterocycles. The molecule has 0 spiro atoms. The second-order valence-electron chi connectivity index (χ2n) is 4.04. The highest BCUT2D eigenvalue weighted by atomic mass is 15.2. The maximum atomic E-state index is 5.57. The summed E-state index contributed by atoms with van der Waals surface area (Å²) in [6, 6.07) is 0.672. The minimum Gasteiger partial charge on any atom is -0.329 e. The topological polar surface area (TPSA) is 41.3 Å². The third kappa shape index (κ3) is 3.25. The summed E-state index contributed by atoms with van der Waals surface area (Å²) in [5.74, 6) is 0.859. The van der Waals surface area contributed by atoms with Crippen LogP contribution in [0.1, 0.15) is 19.8 Å². The van der Waals surface area contributed by atoms with Crippen molar-refractivity contribution in [1.82, 2.24) is 10.2 Å². The fraction of sp³-hybridized carbons (Fsp3) is 1.00. The molecule has 1 rings (SSSR count). The second-order valence-corrected chi connectivity index (χ2v) is 4.04. The largest absolute Gasteiger partial charge is 0.329 e. The molecule has 0 saturated carbocycles. The van der Waals surface area contributed by atoms with Crippen LogP contribution in [0.2, 0.25) is 0 Å². The minimum atomic E-state index is 0.672. The Hall–Kier alpha value is -0.120. The van der Waals surface area contributed by atoms with Crippen molar-refractivity contribution in [2.24, 2.45) is 11.7 Å². The lowest BCUT2D eigenvalue weighted by Crippen LogP contribution is -2.49. The van der Waals surface area contributed by atoms with Gasteiger partial charge in [-0.3, -0.25) is 0 Å². The number of nitrogens with two attached hydrogens (primary N) is 1. The van der Waals surface area contributed by atoms with E-state index in [9.17, 15) is 0 Å². The Morgan fingerprint density at radius 3 is 2.77 bits per heavy atom. The third-order valence-electron chi connectivity index (χ3n) is 3.04. The van der Waals surface area contributed by atoms with Gasteiger partial charge in [0.05, 0.1) is 0 Å². The molecule has 3 nitrogen and oxygen atoms in total. The summed E-state index contributed by atoms with van der Waals surface area (Å²) in [5.41, 5.74) is 5.57. The first kappa shape index (κ1) is 11.0. The highest BCUT2D eigenvalue weighted by Crippen LogP contribution is 2.18. The van der Waals surface area contributed by atoms with Gasteiger partial charge in [0.1, 0.15) is 0 Å². The summed E-state index contributed by atoms with van der Waals surface area (Å²) in [4.78, 5) is 2.48. The molecule has 0 radical (unpaired) electrons. The monoisotopic (exact) mass is 185 g/mol. The Morgan fingerprint density at radius 2 is 2.23 bits per heavy atom. The van der Waals surface area contributed by atoms with E-state index in [4.69, 9.17) is 5.73 Å². The van der Waals surface area contributed by atoms with E-state index in [0.29, 0.717) is 6.04 Å². The number of nitrogens with zero attached hydrogens (tertiary/aromatic N) is 1. The number of likely N-dealkylation sites (N-methyl/N-ethyl adjacent to an activating group) is 1. The predicted octanol–water partition coefficient (Wildman–Crippen LogP) is 0.265. The second kappa shape index (κ2) is 5.58. The van der Waals surface area contributed by atoms with E-state index in [1.807, 2.05) is 0 Å². The van der Waals surface area contributed by atoms with E-state index < -0.39 is 0 Å². The fourth-order valence-electron chi connectivity index (χ4n) is 2.17. The van der Waals surface area contributed by atoms with Crippen molar-refractivity contribution < 1.29 is 0 Å². The quantitative estimate of drug-likeness (QED) is 0.660. The highest BCUT2D eigenvalue weighted by molar-refractivity contribution is 4.82. The fourth-order valence-corrected chi connectivity index (χ4v) is 2.17. The van der Waals surface area contributed by atoms with Gasteiger partial charge in [0, 0.05) is 32.2 Å². The molecule has 0 aromatic carbocycles. The van der Waals surface area contributed by atoms with Crippen LogP contribution in [-0.2, 0) is 0 Å².